The third-order valence-corrected chi connectivity index (χ3v) is 1.33. The molecule has 0 aromatic rings. The van der Waals surface area contributed by atoms with E-state index in [0.29, 0.717) is 0 Å². The lowest BCUT2D eigenvalue weighted by Gasteiger charge is -2.21. The molecule has 5 nitrogen and oxygen atoms in total. The van der Waals surface area contributed by atoms with E-state index in [1.807, 2.05) is 5.32 Å². The minimum atomic E-state index is -2.01. The molecule has 74 valence electrons. The largest absolute Gasteiger partial charge is 0.465 e. The highest BCUT2D eigenvalue weighted by atomic mass is 16.5. The lowest BCUT2D eigenvalue weighted by molar-refractivity contribution is -0.166. The van der Waals surface area contributed by atoms with Crippen LogP contribution in [0, 0.1) is 0 Å². The average Bonchev–Trinajstić information content (AvgIpc) is 2.01. The topological polar surface area (TPSA) is 75.6 Å². The van der Waals surface area contributed by atoms with E-state index in [4.69, 9.17) is 0 Å². The molecule has 5 heteroatoms. The highest BCUT2D eigenvalue weighted by Crippen LogP contribution is 2.02. The number of hydrogen-bond acceptors (Lipinski definition) is 4. The van der Waals surface area contributed by atoms with E-state index in [0.717, 1.165) is 14.0 Å². The standard InChI is InChI=1S/C8H13NO4/c1-5(2)6(10)9-8(3,12)7(11)13-4/h12H,1H2,2-4H3,(H,9,10). The summed E-state index contributed by atoms with van der Waals surface area (Å²) in [5.41, 5.74) is -1.81. The minimum Gasteiger partial charge on any atom is -0.465 e. The van der Waals surface area contributed by atoms with Gasteiger partial charge in [-0.15, -0.1) is 0 Å². The second-order valence-corrected chi connectivity index (χ2v) is 2.80. The van der Waals surface area contributed by atoms with E-state index in [9.17, 15) is 14.7 Å². The summed E-state index contributed by atoms with van der Waals surface area (Å²) >= 11 is 0. The van der Waals surface area contributed by atoms with E-state index < -0.39 is 17.6 Å². The summed E-state index contributed by atoms with van der Waals surface area (Å²) in [7, 11) is 1.11. The first-order chi connectivity index (χ1) is 5.81. The molecule has 1 amide bonds. The molecule has 0 saturated heterocycles. The maximum absolute atomic E-state index is 11.0. The Morgan fingerprint density at radius 2 is 2.00 bits per heavy atom. The summed E-state index contributed by atoms with van der Waals surface area (Å²) in [5.74, 6) is -1.53. The Morgan fingerprint density at radius 3 is 2.31 bits per heavy atom. The van der Waals surface area contributed by atoms with Gasteiger partial charge in [-0.3, -0.25) is 4.79 Å². The summed E-state index contributed by atoms with van der Waals surface area (Å²) in [6, 6.07) is 0. The van der Waals surface area contributed by atoms with Crippen molar-refractivity contribution < 1.29 is 19.4 Å². The van der Waals surface area contributed by atoms with Gasteiger partial charge in [-0.2, -0.15) is 0 Å². The Morgan fingerprint density at radius 1 is 1.54 bits per heavy atom. The van der Waals surface area contributed by atoms with Gasteiger partial charge in [0, 0.05) is 5.57 Å². The molecule has 0 aliphatic rings. The van der Waals surface area contributed by atoms with Crippen LogP contribution in [0.5, 0.6) is 0 Å². The van der Waals surface area contributed by atoms with Crippen molar-refractivity contribution in [1.82, 2.24) is 5.32 Å². The molecular formula is C8H13NO4. The number of aliphatic hydroxyl groups is 1. The third kappa shape index (κ3) is 3.25. The van der Waals surface area contributed by atoms with Crippen molar-refractivity contribution in [2.24, 2.45) is 0 Å². The van der Waals surface area contributed by atoms with Crippen molar-refractivity contribution in [2.75, 3.05) is 7.11 Å². The number of nitrogens with one attached hydrogen (secondary N) is 1. The summed E-state index contributed by atoms with van der Waals surface area (Å²) in [4.78, 5) is 21.9. The van der Waals surface area contributed by atoms with E-state index >= 15 is 0 Å². The average molecular weight is 187 g/mol. The third-order valence-electron chi connectivity index (χ3n) is 1.33. The van der Waals surface area contributed by atoms with Gasteiger partial charge in [0.15, 0.2) is 0 Å². The van der Waals surface area contributed by atoms with Gasteiger partial charge in [0.2, 0.25) is 11.6 Å². The van der Waals surface area contributed by atoms with Crippen LogP contribution in [0.25, 0.3) is 0 Å². The maximum atomic E-state index is 11.0. The highest BCUT2D eigenvalue weighted by Gasteiger charge is 2.33. The lowest BCUT2D eigenvalue weighted by atomic mass is 10.2. The lowest BCUT2D eigenvalue weighted by Crippen LogP contribution is -2.52. The van der Waals surface area contributed by atoms with Crippen molar-refractivity contribution in [3.05, 3.63) is 12.2 Å². The van der Waals surface area contributed by atoms with E-state index in [-0.39, 0.29) is 5.57 Å². The van der Waals surface area contributed by atoms with Crippen LogP contribution in [0.4, 0.5) is 0 Å². The van der Waals surface area contributed by atoms with Crippen LogP contribution in [-0.4, -0.2) is 29.8 Å². The zero-order valence-electron chi connectivity index (χ0n) is 7.88. The maximum Gasteiger partial charge on any atom is 0.359 e. The van der Waals surface area contributed by atoms with Crippen LogP contribution in [0.3, 0.4) is 0 Å². The van der Waals surface area contributed by atoms with Crippen LogP contribution < -0.4 is 5.32 Å². The van der Waals surface area contributed by atoms with E-state index in [2.05, 4.69) is 11.3 Å². The molecule has 0 aliphatic heterocycles. The van der Waals surface area contributed by atoms with Crippen LogP contribution in [0.2, 0.25) is 0 Å². The zero-order valence-corrected chi connectivity index (χ0v) is 7.88. The number of ether oxygens (including phenoxy) is 1. The molecular weight excluding hydrogens is 174 g/mol. The molecule has 0 heterocycles. The Balaban J connectivity index is 4.42. The number of hydrogen-bond donors (Lipinski definition) is 2. The second-order valence-electron chi connectivity index (χ2n) is 2.80. The molecule has 13 heavy (non-hydrogen) atoms. The SMILES string of the molecule is C=C(C)C(=O)NC(C)(O)C(=O)OC. The summed E-state index contributed by atoms with van der Waals surface area (Å²) in [6.45, 7) is 5.93. The molecule has 1 unspecified atom stereocenters. The fraction of sp³-hybridized carbons (Fsp3) is 0.500. The molecule has 0 rings (SSSR count). The Labute approximate surface area is 76.4 Å². The number of esters is 1. The fourth-order valence-electron chi connectivity index (χ4n) is 0.578. The molecule has 0 fully saturated rings. The van der Waals surface area contributed by atoms with Crippen molar-refractivity contribution >= 4 is 11.9 Å². The quantitative estimate of drug-likeness (QED) is 0.357. The van der Waals surface area contributed by atoms with E-state index in [1.165, 1.54) is 6.92 Å². The molecule has 0 saturated carbocycles. The first-order valence-electron chi connectivity index (χ1n) is 3.60. The number of carbonyl (C=O) groups excluding carboxylic acids is 2. The van der Waals surface area contributed by atoms with Crippen molar-refractivity contribution in [3.8, 4) is 0 Å². The molecule has 1 atom stereocenters. The summed E-state index contributed by atoms with van der Waals surface area (Å²) < 4.78 is 4.26. The fourth-order valence-corrected chi connectivity index (χ4v) is 0.578. The molecule has 0 aromatic carbocycles. The molecule has 0 bridgehead atoms. The van der Waals surface area contributed by atoms with Crippen LogP contribution >= 0.6 is 0 Å². The monoisotopic (exact) mass is 187 g/mol. The van der Waals surface area contributed by atoms with Crippen LogP contribution in [0.1, 0.15) is 13.8 Å². The summed E-state index contributed by atoms with van der Waals surface area (Å²) in [6.07, 6.45) is 0. The molecule has 2 N–H and O–H groups in total. The smallest absolute Gasteiger partial charge is 0.359 e. The Hall–Kier alpha value is -1.36. The van der Waals surface area contributed by atoms with Crippen molar-refractivity contribution in [1.29, 1.82) is 0 Å². The number of carbonyl (C=O) groups is 2. The summed E-state index contributed by atoms with van der Waals surface area (Å²) in [5, 5.41) is 11.4. The van der Waals surface area contributed by atoms with Gasteiger partial charge in [-0.05, 0) is 13.8 Å². The van der Waals surface area contributed by atoms with Gasteiger partial charge >= 0.3 is 5.97 Å². The first-order valence-corrected chi connectivity index (χ1v) is 3.60. The Bertz CT molecular complexity index is 245. The van der Waals surface area contributed by atoms with Gasteiger partial charge < -0.3 is 15.2 Å². The highest BCUT2D eigenvalue weighted by molar-refractivity contribution is 5.95. The van der Waals surface area contributed by atoms with Crippen molar-refractivity contribution in [2.45, 2.75) is 19.6 Å². The van der Waals surface area contributed by atoms with Crippen LogP contribution in [0.15, 0.2) is 12.2 Å². The van der Waals surface area contributed by atoms with E-state index in [1.54, 1.807) is 0 Å². The second kappa shape index (κ2) is 4.04. The Kier molecular flexibility index (Phi) is 3.62. The first kappa shape index (κ1) is 11.6. The predicted molar refractivity (Wildman–Crippen MR) is 45.6 cm³/mol. The molecule has 0 spiro atoms. The number of methoxy groups -OCH3 is 1. The predicted octanol–water partition coefficient (Wildman–Crippen LogP) is -0.440. The zero-order chi connectivity index (χ0) is 10.6. The van der Waals surface area contributed by atoms with Gasteiger partial charge in [0.25, 0.3) is 0 Å². The van der Waals surface area contributed by atoms with Gasteiger partial charge in [0.1, 0.15) is 0 Å². The number of rotatable bonds is 3. The molecule has 0 aromatic heterocycles. The normalized spacial score (nSPS) is 14.2. The molecule has 0 radical (unpaired) electrons. The van der Waals surface area contributed by atoms with Crippen LogP contribution in [-0.2, 0) is 14.3 Å². The van der Waals surface area contributed by atoms with Crippen molar-refractivity contribution in [3.63, 3.8) is 0 Å². The van der Waals surface area contributed by atoms with Gasteiger partial charge in [-0.1, -0.05) is 6.58 Å². The number of amides is 1. The van der Waals surface area contributed by atoms with Gasteiger partial charge in [-0.25, -0.2) is 4.79 Å². The minimum absolute atomic E-state index is 0.198. The molecule has 0 aliphatic carbocycles. The van der Waals surface area contributed by atoms with Gasteiger partial charge in [0.05, 0.1) is 7.11 Å².